The van der Waals surface area contributed by atoms with Crippen LogP contribution in [0.3, 0.4) is 0 Å². The van der Waals surface area contributed by atoms with E-state index in [1.165, 1.54) is 12.8 Å². The first-order valence-corrected chi connectivity index (χ1v) is 8.13. The molecule has 2 fully saturated rings. The lowest BCUT2D eigenvalue weighted by atomic mass is 9.81. The van der Waals surface area contributed by atoms with Crippen molar-refractivity contribution in [1.82, 2.24) is 9.80 Å². The number of piperidine rings is 1. The molecule has 0 saturated carbocycles. The minimum atomic E-state index is -0.416. The maximum absolute atomic E-state index is 11.9. The minimum Gasteiger partial charge on any atom is -0.444 e. The van der Waals surface area contributed by atoms with Crippen LogP contribution < -0.4 is 0 Å². The summed E-state index contributed by atoms with van der Waals surface area (Å²) >= 11 is 0. The summed E-state index contributed by atoms with van der Waals surface area (Å²) in [5, 5.41) is 9.51. The third kappa shape index (κ3) is 4.85. The van der Waals surface area contributed by atoms with Crippen LogP contribution in [-0.2, 0) is 4.74 Å². The van der Waals surface area contributed by atoms with Gasteiger partial charge in [0.25, 0.3) is 0 Å². The van der Waals surface area contributed by atoms with Gasteiger partial charge < -0.3 is 19.6 Å². The molecule has 2 aliphatic heterocycles. The van der Waals surface area contributed by atoms with Crippen molar-refractivity contribution in [2.45, 2.75) is 52.2 Å². The van der Waals surface area contributed by atoms with Crippen molar-refractivity contribution in [2.24, 2.45) is 11.8 Å². The van der Waals surface area contributed by atoms with Crippen LogP contribution in [0, 0.1) is 11.8 Å². The molecule has 0 bridgehead atoms. The smallest absolute Gasteiger partial charge is 0.410 e. The van der Waals surface area contributed by atoms with Crippen LogP contribution in [0.4, 0.5) is 4.79 Å². The first kappa shape index (κ1) is 16.6. The maximum atomic E-state index is 11.9. The van der Waals surface area contributed by atoms with E-state index < -0.39 is 5.60 Å². The van der Waals surface area contributed by atoms with Gasteiger partial charge in [-0.15, -0.1) is 0 Å². The van der Waals surface area contributed by atoms with Gasteiger partial charge in [0.15, 0.2) is 0 Å². The quantitative estimate of drug-likeness (QED) is 0.865. The fourth-order valence-corrected chi connectivity index (χ4v) is 3.30. The van der Waals surface area contributed by atoms with E-state index in [1.54, 1.807) is 0 Å². The molecule has 5 heteroatoms. The molecule has 0 radical (unpaired) electrons. The largest absolute Gasteiger partial charge is 0.444 e. The van der Waals surface area contributed by atoms with Crippen molar-refractivity contribution < 1.29 is 14.6 Å². The molecule has 2 heterocycles. The van der Waals surface area contributed by atoms with E-state index in [9.17, 15) is 9.90 Å². The molecule has 0 aromatic rings. The SMILES string of the molecule is C[C@H](O)CN1CCC[C@H](C2CN(C(=O)OC(C)(C)C)C2)C1. The summed E-state index contributed by atoms with van der Waals surface area (Å²) in [6, 6.07) is 0. The number of carbonyl (C=O) groups is 1. The monoisotopic (exact) mass is 298 g/mol. The summed E-state index contributed by atoms with van der Waals surface area (Å²) < 4.78 is 5.39. The zero-order valence-electron chi connectivity index (χ0n) is 13.8. The minimum absolute atomic E-state index is 0.185. The Hall–Kier alpha value is -0.810. The normalized spacial score (nSPS) is 26.3. The van der Waals surface area contributed by atoms with E-state index in [-0.39, 0.29) is 12.2 Å². The van der Waals surface area contributed by atoms with Gasteiger partial charge >= 0.3 is 6.09 Å². The molecule has 2 saturated heterocycles. The average Bonchev–Trinajstić information content (AvgIpc) is 2.23. The number of likely N-dealkylation sites (tertiary alicyclic amines) is 2. The second kappa shape index (κ2) is 6.53. The Morgan fingerprint density at radius 1 is 1.29 bits per heavy atom. The fraction of sp³-hybridized carbons (Fsp3) is 0.938. The Morgan fingerprint density at radius 2 is 1.95 bits per heavy atom. The highest BCUT2D eigenvalue weighted by Gasteiger charge is 2.39. The van der Waals surface area contributed by atoms with Crippen molar-refractivity contribution in [3.8, 4) is 0 Å². The Bertz CT molecular complexity index is 359. The standard InChI is InChI=1S/C16H30N2O3/c1-12(19)8-17-7-5-6-13(9-17)14-10-18(11-14)15(20)21-16(2,3)4/h12-14,19H,5-11H2,1-4H3/t12-,13-/m0/s1. The predicted octanol–water partition coefficient (Wildman–Crippen LogP) is 1.95. The second-order valence-corrected chi connectivity index (χ2v) is 7.66. The van der Waals surface area contributed by atoms with Gasteiger partial charge in [0.2, 0.25) is 0 Å². The van der Waals surface area contributed by atoms with Crippen LogP contribution in [0.25, 0.3) is 0 Å². The number of hydrogen-bond donors (Lipinski definition) is 1. The Labute approximate surface area is 128 Å². The number of rotatable bonds is 3. The van der Waals surface area contributed by atoms with Crippen molar-refractivity contribution in [1.29, 1.82) is 0 Å². The molecule has 2 rings (SSSR count). The molecule has 0 aromatic heterocycles. The summed E-state index contributed by atoms with van der Waals surface area (Å²) in [5.41, 5.74) is -0.416. The highest BCUT2D eigenvalue weighted by Crippen LogP contribution is 2.31. The van der Waals surface area contributed by atoms with Crippen LogP contribution in [0.5, 0.6) is 0 Å². The summed E-state index contributed by atoms with van der Waals surface area (Å²) in [7, 11) is 0. The number of aliphatic hydroxyl groups excluding tert-OH is 1. The Morgan fingerprint density at radius 3 is 2.52 bits per heavy atom. The van der Waals surface area contributed by atoms with Crippen LogP contribution in [0.1, 0.15) is 40.5 Å². The average molecular weight is 298 g/mol. The van der Waals surface area contributed by atoms with E-state index in [0.717, 1.165) is 32.7 Å². The summed E-state index contributed by atoms with van der Waals surface area (Å²) in [4.78, 5) is 16.1. The van der Waals surface area contributed by atoms with E-state index in [1.807, 2.05) is 32.6 Å². The Kier molecular flexibility index (Phi) is 5.15. The van der Waals surface area contributed by atoms with Crippen LogP contribution in [0.2, 0.25) is 0 Å². The van der Waals surface area contributed by atoms with E-state index in [2.05, 4.69) is 4.90 Å². The van der Waals surface area contributed by atoms with Crippen LogP contribution in [0.15, 0.2) is 0 Å². The summed E-state index contributed by atoms with van der Waals surface area (Å²) in [6.45, 7) is 12.1. The van der Waals surface area contributed by atoms with E-state index >= 15 is 0 Å². The maximum Gasteiger partial charge on any atom is 0.410 e. The van der Waals surface area contributed by atoms with Gasteiger partial charge in [0, 0.05) is 26.2 Å². The number of hydrogen-bond acceptors (Lipinski definition) is 4. The van der Waals surface area contributed by atoms with Crippen LogP contribution >= 0.6 is 0 Å². The van der Waals surface area contributed by atoms with Crippen LogP contribution in [-0.4, -0.2) is 65.4 Å². The number of ether oxygens (including phenoxy) is 1. The molecule has 0 aromatic carbocycles. The van der Waals surface area contributed by atoms with Gasteiger partial charge in [-0.25, -0.2) is 4.79 Å². The third-order valence-electron chi connectivity index (χ3n) is 4.29. The van der Waals surface area contributed by atoms with Gasteiger partial charge in [-0.05, 0) is 58.9 Å². The molecule has 2 aliphatic rings. The zero-order chi connectivity index (χ0) is 15.6. The molecule has 21 heavy (non-hydrogen) atoms. The van der Waals surface area contributed by atoms with E-state index in [4.69, 9.17) is 4.74 Å². The van der Waals surface area contributed by atoms with E-state index in [0.29, 0.717) is 11.8 Å². The molecular weight excluding hydrogens is 268 g/mol. The third-order valence-corrected chi connectivity index (χ3v) is 4.29. The molecule has 0 spiro atoms. The molecule has 1 amide bonds. The first-order chi connectivity index (χ1) is 9.74. The number of aliphatic hydroxyl groups is 1. The Balaban J connectivity index is 1.75. The van der Waals surface area contributed by atoms with Crippen molar-refractivity contribution in [3.05, 3.63) is 0 Å². The summed E-state index contributed by atoms with van der Waals surface area (Å²) in [5.74, 6) is 1.24. The van der Waals surface area contributed by atoms with Crippen molar-refractivity contribution >= 4 is 6.09 Å². The topological polar surface area (TPSA) is 53.0 Å². The molecule has 0 aliphatic carbocycles. The van der Waals surface area contributed by atoms with Gasteiger partial charge in [-0.1, -0.05) is 0 Å². The molecular formula is C16H30N2O3. The zero-order valence-corrected chi connectivity index (χ0v) is 13.8. The highest BCUT2D eigenvalue weighted by atomic mass is 16.6. The second-order valence-electron chi connectivity index (χ2n) is 7.66. The first-order valence-electron chi connectivity index (χ1n) is 8.13. The predicted molar refractivity (Wildman–Crippen MR) is 82.1 cm³/mol. The lowest BCUT2D eigenvalue weighted by Gasteiger charge is -2.46. The van der Waals surface area contributed by atoms with Gasteiger partial charge in [0.1, 0.15) is 5.60 Å². The molecule has 5 nitrogen and oxygen atoms in total. The molecule has 122 valence electrons. The highest BCUT2D eigenvalue weighted by molar-refractivity contribution is 5.69. The van der Waals surface area contributed by atoms with Crippen molar-refractivity contribution in [3.63, 3.8) is 0 Å². The lowest BCUT2D eigenvalue weighted by Crippen LogP contribution is -2.56. The number of carbonyl (C=O) groups excluding carboxylic acids is 1. The molecule has 2 atom stereocenters. The van der Waals surface area contributed by atoms with Gasteiger partial charge in [-0.3, -0.25) is 0 Å². The number of nitrogens with zero attached hydrogens (tertiary/aromatic N) is 2. The van der Waals surface area contributed by atoms with Gasteiger partial charge in [-0.2, -0.15) is 0 Å². The lowest BCUT2D eigenvalue weighted by molar-refractivity contribution is -0.0217. The molecule has 0 unspecified atom stereocenters. The molecule has 1 N–H and O–H groups in total. The summed E-state index contributed by atoms with van der Waals surface area (Å²) in [6.07, 6.45) is 1.99. The van der Waals surface area contributed by atoms with Gasteiger partial charge in [0.05, 0.1) is 6.10 Å². The number of β-amino-alcohol motifs (C(OH)–C–C–N with tert-alkyl or cyclic N) is 1. The number of amides is 1. The fourth-order valence-electron chi connectivity index (χ4n) is 3.30. The van der Waals surface area contributed by atoms with Crippen molar-refractivity contribution in [2.75, 3.05) is 32.7 Å².